The number of rotatable bonds is 7. The van der Waals surface area contributed by atoms with E-state index in [1.54, 1.807) is 0 Å². The van der Waals surface area contributed by atoms with E-state index in [4.69, 9.17) is 4.74 Å². The number of ether oxygens (including phenoxy) is 2. The number of hydrogen-bond donors (Lipinski definition) is 2. The normalized spacial score (nSPS) is 11.8. The molecule has 20 heavy (non-hydrogen) atoms. The Morgan fingerprint density at radius 3 is 2.80 bits per heavy atom. The van der Waals surface area contributed by atoms with Gasteiger partial charge < -0.3 is 19.9 Å². The summed E-state index contributed by atoms with van der Waals surface area (Å²) in [6.45, 7) is 0.0593. The minimum atomic E-state index is -0.858. The van der Waals surface area contributed by atoms with Gasteiger partial charge in [0.2, 0.25) is 5.82 Å². The molecule has 9 nitrogen and oxygen atoms in total. The number of nitro groups is 1. The molecule has 0 saturated carbocycles. The minimum Gasteiger partial charge on any atom is -0.464 e. The van der Waals surface area contributed by atoms with E-state index < -0.39 is 17.0 Å². The highest BCUT2D eigenvalue weighted by Crippen LogP contribution is 2.22. The van der Waals surface area contributed by atoms with Crippen LogP contribution in [0.3, 0.4) is 0 Å². The topological polar surface area (TPSA) is 124 Å². The predicted molar refractivity (Wildman–Crippen MR) is 68.6 cm³/mol. The summed E-state index contributed by atoms with van der Waals surface area (Å²) in [4.78, 5) is 25.4. The molecular weight excluding hydrogens is 270 g/mol. The van der Waals surface area contributed by atoms with Gasteiger partial charge >= 0.3 is 11.7 Å². The third-order valence-corrected chi connectivity index (χ3v) is 2.33. The van der Waals surface area contributed by atoms with Crippen LogP contribution in [0, 0.1) is 10.1 Å². The molecule has 0 fully saturated rings. The lowest BCUT2D eigenvalue weighted by molar-refractivity contribution is -0.384. The van der Waals surface area contributed by atoms with Crippen molar-refractivity contribution in [3.05, 3.63) is 27.9 Å². The first-order valence-corrected chi connectivity index (χ1v) is 5.64. The van der Waals surface area contributed by atoms with Gasteiger partial charge in [0.25, 0.3) is 0 Å². The van der Waals surface area contributed by atoms with Crippen LogP contribution in [0.2, 0.25) is 0 Å². The first-order chi connectivity index (χ1) is 9.49. The average molecular weight is 285 g/mol. The van der Waals surface area contributed by atoms with Crippen LogP contribution in [-0.4, -0.2) is 54.5 Å². The van der Waals surface area contributed by atoms with E-state index in [0.717, 1.165) is 6.07 Å². The monoisotopic (exact) mass is 285 g/mol. The second-order valence-corrected chi connectivity index (χ2v) is 3.80. The van der Waals surface area contributed by atoms with Gasteiger partial charge in [-0.05, 0) is 6.07 Å². The number of hydrogen-bond acceptors (Lipinski definition) is 8. The minimum absolute atomic E-state index is 0.00763. The fraction of sp³-hybridized carbons (Fsp3) is 0.455. The van der Waals surface area contributed by atoms with Crippen LogP contribution < -0.4 is 5.32 Å². The van der Waals surface area contributed by atoms with Crippen molar-refractivity contribution in [3.63, 3.8) is 0 Å². The standard InChI is InChI=1S/C11H15N3O6/c1-19-6-7(15)5-12-10-9(14(17)18)4-3-8(13-10)11(16)20-2/h3-4,7,15H,5-6H2,1-2H3,(H,12,13). The molecule has 0 amide bonds. The first kappa shape index (κ1) is 15.8. The number of nitrogens with zero attached hydrogens (tertiary/aromatic N) is 2. The molecule has 0 aliphatic heterocycles. The fourth-order valence-electron chi connectivity index (χ4n) is 1.41. The maximum atomic E-state index is 11.3. The van der Waals surface area contributed by atoms with Crippen molar-refractivity contribution in [2.24, 2.45) is 0 Å². The Morgan fingerprint density at radius 1 is 1.55 bits per heavy atom. The van der Waals surface area contributed by atoms with Crippen molar-refractivity contribution in [2.45, 2.75) is 6.10 Å². The van der Waals surface area contributed by atoms with Crippen LogP contribution >= 0.6 is 0 Å². The molecule has 1 unspecified atom stereocenters. The first-order valence-electron chi connectivity index (χ1n) is 5.64. The third-order valence-electron chi connectivity index (χ3n) is 2.33. The van der Waals surface area contributed by atoms with E-state index in [0.29, 0.717) is 0 Å². The number of anilines is 1. The molecule has 1 atom stereocenters. The molecule has 2 N–H and O–H groups in total. The van der Waals surface area contributed by atoms with E-state index in [9.17, 15) is 20.0 Å². The summed E-state index contributed by atoms with van der Waals surface area (Å²) in [5.74, 6) is -0.826. The van der Waals surface area contributed by atoms with E-state index in [1.165, 1.54) is 20.3 Å². The molecule has 0 bridgehead atoms. The lowest BCUT2D eigenvalue weighted by Gasteiger charge is -2.11. The lowest BCUT2D eigenvalue weighted by atomic mass is 10.3. The number of aromatic nitrogens is 1. The van der Waals surface area contributed by atoms with E-state index in [-0.39, 0.29) is 30.4 Å². The van der Waals surface area contributed by atoms with Crippen LogP contribution in [0.15, 0.2) is 12.1 Å². The van der Waals surface area contributed by atoms with E-state index >= 15 is 0 Å². The summed E-state index contributed by atoms with van der Waals surface area (Å²) in [6, 6.07) is 2.34. The van der Waals surface area contributed by atoms with Crippen LogP contribution in [0.25, 0.3) is 0 Å². The van der Waals surface area contributed by atoms with Gasteiger partial charge in [0.1, 0.15) is 0 Å². The number of carbonyl (C=O) groups is 1. The zero-order valence-electron chi connectivity index (χ0n) is 11.0. The Bertz CT molecular complexity index is 493. The second kappa shape index (κ2) is 7.36. The van der Waals surface area contributed by atoms with Crippen LogP contribution in [-0.2, 0) is 9.47 Å². The number of pyridine rings is 1. The maximum absolute atomic E-state index is 11.3. The van der Waals surface area contributed by atoms with Crippen molar-refractivity contribution in [2.75, 3.05) is 32.7 Å². The smallest absolute Gasteiger partial charge is 0.356 e. The highest BCUT2D eigenvalue weighted by molar-refractivity contribution is 5.88. The molecule has 0 spiro atoms. The van der Waals surface area contributed by atoms with E-state index in [1.807, 2.05) is 0 Å². The molecule has 0 aromatic carbocycles. The Kier molecular flexibility index (Phi) is 5.81. The molecular formula is C11H15N3O6. The molecule has 1 rings (SSSR count). The maximum Gasteiger partial charge on any atom is 0.356 e. The van der Waals surface area contributed by atoms with Gasteiger partial charge in [-0.25, -0.2) is 9.78 Å². The number of aliphatic hydroxyl groups excluding tert-OH is 1. The number of methoxy groups -OCH3 is 2. The van der Waals surface area contributed by atoms with Crippen LogP contribution in [0.1, 0.15) is 10.5 Å². The highest BCUT2D eigenvalue weighted by atomic mass is 16.6. The quantitative estimate of drug-likeness (QED) is 0.413. The van der Waals surface area contributed by atoms with Gasteiger partial charge in [-0.15, -0.1) is 0 Å². The van der Waals surface area contributed by atoms with Gasteiger partial charge in [0, 0.05) is 19.7 Å². The lowest BCUT2D eigenvalue weighted by Crippen LogP contribution is -2.25. The Morgan fingerprint density at radius 2 is 2.25 bits per heavy atom. The highest BCUT2D eigenvalue weighted by Gasteiger charge is 2.19. The zero-order chi connectivity index (χ0) is 15.1. The third kappa shape index (κ3) is 4.14. The number of nitrogens with one attached hydrogen (secondary N) is 1. The molecule has 1 heterocycles. The summed E-state index contributed by atoms with van der Waals surface area (Å²) in [7, 11) is 2.60. The predicted octanol–water partition coefficient (Wildman–Crippen LogP) is 0.196. The SMILES string of the molecule is COCC(O)CNc1nc(C(=O)OC)ccc1[N+](=O)[O-]. The van der Waals surface area contributed by atoms with E-state index in [2.05, 4.69) is 15.0 Å². The molecule has 0 radical (unpaired) electrons. The van der Waals surface area contributed by atoms with Gasteiger partial charge in [-0.3, -0.25) is 10.1 Å². The summed E-state index contributed by atoms with van der Waals surface area (Å²) in [6.07, 6.45) is -0.858. The molecule has 110 valence electrons. The average Bonchev–Trinajstić information content (AvgIpc) is 2.44. The van der Waals surface area contributed by atoms with Gasteiger partial charge in [-0.2, -0.15) is 0 Å². The number of aliphatic hydroxyl groups is 1. The Balaban J connectivity index is 2.94. The van der Waals surface area contributed by atoms with Gasteiger partial charge in [0.15, 0.2) is 5.69 Å². The molecule has 1 aromatic rings. The van der Waals surface area contributed by atoms with Crippen molar-refractivity contribution >= 4 is 17.5 Å². The van der Waals surface area contributed by atoms with Crippen molar-refractivity contribution in [1.29, 1.82) is 0 Å². The molecule has 0 aliphatic rings. The van der Waals surface area contributed by atoms with Crippen molar-refractivity contribution < 1.29 is 24.3 Å². The molecule has 0 saturated heterocycles. The molecule has 9 heteroatoms. The summed E-state index contributed by atoms with van der Waals surface area (Å²) < 4.78 is 9.22. The fourth-order valence-corrected chi connectivity index (χ4v) is 1.41. The molecule has 0 aliphatic carbocycles. The number of esters is 1. The van der Waals surface area contributed by atoms with Crippen LogP contribution in [0.4, 0.5) is 11.5 Å². The van der Waals surface area contributed by atoms with Crippen molar-refractivity contribution in [1.82, 2.24) is 4.98 Å². The van der Waals surface area contributed by atoms with Gasteiger partial charge in [-0.1, -0.05) is 0 Å². The molecule has 1 aromatic heterocycles. The largest absolute Gasteiger partial charge is 0.464 e. The summed E-state index contributed by atoms with van der Waals surface area (Å²) in [5.41, 5.74) is -0.371. The van der Waals surface area contributed by atoms with Gasteiger partial charge in [0.05, 0.1) is 24.7 Å². The summed E-state index contributed by atoms with van der Waals surface area (Å²) in [5, 5.41) is 23.0. The Hall–Kier alpha value is -2.26. The van der Waals surface area contributed by atoms with Crippen molar-refractivity contribution in [3.8, 4) is 0 Å². The zero-order valence-corrected chi connectivity index (χ0v) is 11.0. The Labute approximate surface area is 114 Å². The second-order valence-electron chi connectivity index (χ2n) is 3.80. The summed E-state index contributed by atoms with van der Waals surface area (Å²) >= 11 is 0. The number of carbonyl (C=O) groups excluding carboxylic acids is 1. The van der Waals surface area contributed by atoms with Crippen LogP contribution in [0.5, 0.6) is 0 Å².